The molecule has 5 nitrogen and oxygen atoms in total. The normalized spacial score (nSPS) is 14.3. The molecule has 2 aromatic carbocycles. The van der Waals surface area contributed by atoms with Gasteiger partial charge >= 0.3 is 0 Å². The predicted molar refractivity (Wildman–Crippen MR) is 100 cm³/mol. The van der Waals surface area contributed by atoms with Crippen molar-refractivity contribution >= 4 is 40.5 Å². The number of anilines is 2. The van der Waals surface area contributed by atoms with E-state index in [2.05, 4.69) is 10.2 Å². The first-order valence-corrected chi connectivity index (χ1v) is 8.62. The van der Waals surface area contributed by atoms with Gasteiger partial charge in [-0.25, -0.2) is 0 Å². The molecule has 1 N–H and O–H groups in total. The summed E-state index contributed by atoms with van der Waals surface area (Å²) in [6.07, 6.45) is 0. The van der Waals surface area contributed by atoms with E-state index in [1.54, 1.807) is 12.1 Å². The SMILES string of the molecule is COc1c(Cl)cc(Cl)cc1C(=O)Nc1ccccc1N1CCOCC1. The molecule has 0 unspecified atom stereocenters. The van der Waals surface area contributed by atoms with Crippen molar-refractivity contribution in [2.24, 2.45) is 0 Å². The summed E-state index contributed by atoms with van der Waals surface area (Å²) in [5, 5.41) is 3.60. The van der Waals surface area contributed by atoms with Crippen LogP contribution < -0.4 is 15.0 Å². The van der Waals surface area contributed by atoms with Gasteiger partial charge in [0.05, 0.1) is 42.3 Å². The number of rotatable bonds is 4. The first-order valence-electron chi connectivity index (χ1n) is 7.86. The summed E-state index contributed by atoms with van der Waals surface area (Å²) >= 11 is 12.2. The summed E-state index contributed by atoms with van der Waals surface area (Å²) in [5.74, 6) is -0.0330. The minimum atomic E-state index is -0.332. The van der Waals surface area contributed by atoms with Crippen LogP contribution in [0.25, 0.3) is 0 Å². The number of ether oxygens (including phenoxy) is 2. The van der Waals surface area contributed by atoms with E-state index in [1.807, 2.05) is 24.3 Å². The average molecular weight is 381 g/mol. The summed E-state index contributed by atoms with van der Waals surface area (Å²) in [5.41, 5.74) is 1.95. The number of hydrogen-bond donors (Lipinski definition) is 1. The highest BCUT2D eigenvalue weighted by Gasteiger charge is 2.20. The van der Waals surface area contributed by atoms with Crippen LogP contribution in [-0.2, 0) is 4.74 Å². The molecule has 1 aliphatic heterocycles. The molecule has 1 heterocycles. The molecule has 1 amide bonds. The fourth-order valence-corrected chi connectivity index (χ4v) is 3.36. The van der Waals surface area contributed by atoms with Gasteiger partial charge in [0.25, 0.3) is 5.91 Å². The summed E-state index contributed by atoms with van der Waals surface area (Å²) in [4.78, 5) is 15.0. The van der Waals surface area contributed by atoms with Gasteiger partial charge in [-0.2, -0.15) is 0 Å². The number of halogens is 2. The quantitative estimate of drug-likeness (QED) is 0.867. The number of nitrogens with zero attached hydrogens (tertiary/aromatic N) is 1. The third-order valence-electron chi connectivity index (χ3n) is 3.96. The maximum atomic E-state index is 12.8. The summed E-state index contributed by atoms with van der Waals surface area (Å²) in [7, 11) is 1.47. The van der Waals surface area contributed by atoms with Gasteiger partial charge < -0.3 is 19.7 Å². The summed E-state index contributed by atoms with van der Waals surface area (Å²) in [6.45, 7) is 2.89. The zero-order valence-electron chi connectivity index (χ0n) is 13.7. The number of morpholine rings is 1. The smallest absolute Gasteiger partial charge is 0.259 e. The van der Waals surface area contributed by atoms with Gasteiger partial charge in [-0.05, 0) is 24.3 Å². The van der Waals surface area contributed by atoms with Crippen molar-refractivity contribution in [3.63, 3.8) is 0 Å². The van der Waals surface area contributed by atoms with Crippen LogP contribution in [0.2, 0.25) is 10.0 Å². The number of methoxy groups -OCH3 is 1. The molecule has 0 saturated carbocycles. The van der Waals surface area contributed by atoms with E-state index < -0.39 is 0 Å². The lowest BCUT2D eigenvalue weighted by molar-refractivity contribution is 0.102. The zero-order chi connectivity index (χ0) is 17.8. The van der Waals surface area contributed by atoms with Crippen molar-refractivity contribution in [2.75, 3.05) is 43.6 Å². The van der Waals surface area contributed by atoms with Crippen molar-refractivity contribution in [3.05, 3.63) is 52.0 Å². The van der Waals surface area contributed by atoms with Crippen molar-refractivity contribution < 1.29 is 14.3 Å². The highest BCUT2D eigenvalue weighted by Crippen LogP contribution is 2.33. The number of benzene rings is 2. The number of carbonyl (C=O) groups is 1. The van der Waals surface area contributed by atoms with Crippen LogP contribution in [0.5, 0.6) is 5.75 Å². The lowest BCUT2D eigenvalue weighted by Gasteiger charge is -2.30. The van der Waals surface area contributed by atoms with Crippen LogP contribution in [-0.4, -0.2) is 39.3 Å². The molecule has 0 aliphatic carbocycles. The van der Waals surface area contributed by atoms with E-state index in [1.165, 1.54) is 7.11 Å². The third-order valence-corrected chi connectivity index (χ3v) is 4.46. The van der Waals surface area contributed by atoms with Crippen LogP contribution in [0.1, 0.15) is 10.4 Å². The number of carbonyl (C=O) groups excluding carboxylic acids is 1. The molecule has 1 saturated heterocycles. The van der Waals surface area contributed by atoms with E-state index in [0.29, 0.717) is 34.7 Å². The Morgan fingerprint density at radius 3 is 2.64 bits per heavy atom. The first-order chi connectivity index (χ1) is 12.1. The Balaban J connectivity index is 1.89. The summed E-state index contributed by atoms with van der Waals surface area (Å²) < 4.78 is 10.7. The fourth-order valence-electron chi connectivity index (χ4n) is 2.79. The van der Waals surface area contributed by atoms with Gasteiger partial charge in [-0.3, -0.25) is 4.79 Å². The highest BCUT2D eigenvalue weighted by molar-refractivity contribution is 6.36. The predicted octanol–water partition coefficient (Wildman–Crippen LogP) is 4.09. The lowest BCUT2D eigenvalue weighted by Crippen LogP contribution is -2.36. The molecule has 1 fully saturated rings. The average Bonchev–Trinajstić information content (AvgIpc) is 2.62. The number of hydrogen-bond acceptors (Lipinski definition) is 4. The lowest BCUT2D eigenvalue weighted by atomic mass is 10.1. The van der Waals surface area contributed by atoms with Crippen molar-refractivity contribution in [1.29, 1.82) is 0 Å². The van der Waals surface area contributed by atoms with Crippen molar-refractivity contribution in [2.45, 2.75) is 0 Å². The molecule has 0 spiro atoms. The summed E-state index contributed by atoms with van der Waals surface area (Å²) in [6, 6.07) is 10.7. The molecule has 7 heteroatoms. The van der Waals surface area contributed by atoms with Crippen LogP contribution in [0.15, 0.2) is 36.4 Å². The standard InChI is InChI=1S/C18H18Cl2N2O3/c1-24-17-13(10-12(19)11-14(17)20)18(23)21-15-4-2-3-5-16(15)22-6-8-25-9-7-22/h2-5,10-11H,6-9H2,1H3,(H,21,23). The molecule has 132 valence electrons. The maximum absolute atomic E-state index is 12.8. The Hall–Kier alpha value is -1.95. The van der Waals surface area contributed by atoms with Crippen LogP contribution in [0.3, 0.4) is 0 Å². The number of para-hydroxylation sites is 2. The molecule has 0 radical (unpaired) electrons. The van der Waals surface area contributed by atoms with E-state index in [0.717, 1.165) is 18.8 Å². The molecular formula is C18H18Cl2N2O3. The van der Waals surface area contributed by atoms with Crippen LogP contribution in [0.4, 0.5) is 11.4 Å². The monoisotopic (exact) mass is 380 g/mol. The molecule has 3 rings (SSSR count). The third kappa shape index (κ3) is 4.00. The largest absolute Gasteiger partial charge is 0.494 e. The Kier molecular flexibility index (Phi) is 5.68. The Labute approximate surface area is 156 Å². The van der Waals surface area contributed by atoms with Gasteiger partial charge in [0.1, 0.15) is 5.75 Å². The highest BCUT2D eigenvalue weighted by atomic mass is 35.5. The number of nitrogens with one attached hydrogen (secondary N) is 1. The van der Waals surface area contributed by atoms with E-state index in [4.69, 9.17) is 32.7 Å². The van der Waals surface area contributed by atoms with E-state index in [9.17, 15) is 4.79 Å². The topological polar surface area (TPSA) is 50.8 Å². The Bertz CT molecular complexity index is 777. The second-order valence-electron chi connectivity index (χ2n) is 5.54. The van der Waals surface area contributed by atoms with Crippen LogP contribution in [0, 0.1) is 0 Å². The van der Waals surface area contributed by atoms with E-state index in [-0.39, 0.29) is 11.5 Å². The minimum absolute atomic E-state index is 0.289. The first kappa shape index (κ1) is 17.9. The van der Waals surface area contributed by atoms with Gasteiger partial charge in [-0.15, -0.1) is 0 Å². The van der Waals surface area contributed by atoms with Gasteiger partial charge in [0.2, 0.25) is 0 Å². The van der Waals surface area contributed by atoms with Crippen molar-refractivity contribution in [1.82, 2.24) is 0 Å². The molecule has 2 aromatic rings. The van der Waals surface area contributed by atoms with Crippen molar-refractivity contribution in [3.8, 4) is 5.75 Å². The fraction of sp³-hybridized carbons (Fsp3) is 0.278. The Morgan fingerprint density at radius 1 is 1.20 bits per heavy atom. The molecule has 0 aromatic heterocycles. The van der Waals surface area contributed by atoms with Gasteiger partial charge in [0.15, 0.2) is 0 Å². The van der Waals surface area contributed by atoms with Crippen LogP contribution >= 0.6 is 23.2 Å². The zero-order valence-corrected chi connectivity index (χ0v) is 15.2. The number of amides is 1. The van der Waals surface area contributed by atoms with E-state index >= 15 is 0 Å². The second kappa shape index (κ2) is 7.95. The molecule has 0 bridgehead atoms. The van der Waals surface area contributed by atoms with Gasteiger partial charge in [0, 0.05) is 18.1 Å². The molecule has 25 heavy (non-hydrogen) atoms. The molecular weight excluding hydrogens is 363 g/mol. The maximum Gasteiger partial charge on any atom is 0.259 e. The molecule has 0 atom stereocenters. The minimum Gasteiger partial charge on any atom is -0.494 e. The Morgan fingerprint density at radius 2 is 1.92 bits per heavy atom. The molecule has 1 aliphatic rings. The second-order valence-corrected chi connectivity index (χ2v) is 6.38. The van der Waals surface area contributed by atoms with Gasteiger partial charge in [-0.1, -0.05) is 35.3 Å².